The van der Waals surface area contributed by atoms with E-state index >= 15 is 0 Å². The predicted molar refractivity (Wildman–Crippen MR) is 71.8 cm³/mol. The van der Waals surface area contributed by atoms with Gasteiger partial charge in [-0.2, -0.15) is 11.8 Å². The standard InChI is InChI=1S/C12H25ClOS/c1-15-11-9-7-5-3-2-4-6-8-10-12(13)14/h12,14H,2-11H2,1H3. The fraction of sp³-hybridized carbons (Fsp3) is 1.00. The smallest absolute Gasteiger partial charge is 0.128 e. The monoisotopic (exact) mass is 252 g/mol. The molecule has 0 aromatic rings. The van der Waals surface area contributed by atoms with Gasteiger partial charge >= 0.3 is 0 Å². The molecule has 1 atom stereocenters. The fourth-order valence-electron chi connectivity index (χ4n) is 1.62. The Morgan fingerprint density at radius 1 is 0.933 bits per heavy atom. The van der Waals surface area contributed by atoms with Crippen molar-refractivity contribution in [2.75, 3.05) is 12.0 Å². The zero-order valence-electron chi connectivity index (χ0n) is 9.88. The van der Waals surface area contributed by atoms with E-state index in [9.17, 15) is 0 Å². The molecular weight excluding hydrogens is 228 g/mol. The maximum atomic E-state index is 8.84. The third-order valence-electron chi connectivity index (χ3n) is 2.54. The second-order valence-corrected chi connectivity index (χ2v) is 5.53. The van der Waals surface area contributed by atoms with E-state index in [4.69, 9.17) is 16.7 Å². The summed E-state index contributed by atoms with van der Waals surface area (Å²) < 4.78 is 0. The molecule has 0 radical (unpaired) electrons. The number of aliphatic hydroxyl groups excluding tert-OH is 1. The van der Waals surface area contributed by atoms with Crippen LogP contribution >= 0.6 is 23.4 Å². The molecule has 1 nitrogen and oxygen atoms in total. The van der Waals surface area contributed by atoms with E-state index in [2.05, 4.69) is 6.26 Å². The van der Waals surface area contributed by atoms with Crippen molar-refractivity contribution < 1.29 is 5.11 Å². The van der Waals surface area contributed by atoms with Gasteiger partial charge in [-0.25, -0.2) is 0 Å². The molecule has 92 valence electrons. The summed E-state index contributed by atoms with van der Waals surface area (Å²) in [6.07, 6.45) is 13.4. The van der Waals surface area contributed by atoms with Gasteiger partial charge < -0.3 is 5.11 Å². The third-order valence-corrected chi connectivity index (χ3v) is 3.46. The van der Waals surface area contributed by atoms with Gasteiger partial charge in [0.1, 0.15) is 5.56 Å². The maximum Gasteiger partial charge on any atom is 0.128 e. The molecule has 0 bridgehead atoms. The fourth-order valence-corrected chi connectivity index (χ4v) is 2.27. The average Bonchev–Trinajstić information content (AvgIpc) is 2.20. The highest BCUT2D eigenvalue weighted by atomic mass is 35.5. The van der Waals surface area contributed by atoms with Crippen LogP contribution in [0.3, 0.4) is 0 Å². The molecular formula is C12H25ClOS. The first-order chi connectivity index (χ1) is 7.27. The van der Waals surface area contributed by atoms with Crippen LogP contribution in [0.25, 0.3) is 0 Å². The summed E-state index contributed by atoms with van der Waals surface area (Å²) in [7, 11) is 0. The van der Waals surface area contributed by atoms with Crippen molar-refractivity contribution in [3.8, 4) is 0 Å². The van der Waals surface area contributed by atoms with Gasteiger partial charge in [-0.15, -0.1) is 0 Å². The van der Waals surface area contributed by atoms with Gasteiger partial charge in [0, 0.05) is 0 Å². The van der Waals surface area contributed by atoms with Crippen LogP contribution in [0.1, 0.15) is 57.8 Å². The van der Waals surface area contributed by atoms with Crippen molar-refractivity contribution in [2.24, 2.45) is 0 Å². The highest BCUT2D eigenvalue weighted by Gasteiger charge is 1.97. The molecule has 0 heterocycles. The maximum absolute atomic E-state index is 8.84. The second kappa shape index (κ2) is 12.7. The predicted octanol–water partition coefficient (Wildman–Crippen LogP) is 4.42. The number of thioether (sulfide) groups is 1. The number of hydrogen-bond donors (Lipinski definition) is 1. The van der Waals surface area contributed by atoms with E-state index in [1.165, 1.54) is 50.7 Å². The molecule has 1 N–H and O–H groups in total. The minimum Gasteiger partial charge on any atom is -0.378 e. The zero-order valence-corrected chi connectivity index (χ0v) is 11.5. The number of rotatable bonds is 11. The van der Waals surface area contributed by atoms with Crippen LogP contribution in [0.5, 0.6) is 0 Å². The topological polar surface area (TPSA) is 20.2 Å². The Bertz CT molecular complexity index is 120. The molecule has 0 saturated carbocycles. The van der Waals surface area contributed by atoms with E-state index in [1.54, 1.807) is 0 Å². The summed E-state index contributed by atoms with van der Waals surface area (Å²) in [5, 5.41) is 8.84. The molecule has 0 rings (SSSR count). The summed E-state index contributed by atoms with van der Waals surface area (Å²) in [6, 6.07) is 0. The largest absolute Gasteiger partial charge is 0.378 e. The molecule has 0 aliphatic carbocycles. The first-order valence-electron chi connectivity index (χ1n) is 6.08. The molecule has 0 spiro atoms. The summed E-state index contributed by atoms with van der Waals surface area (Å²) in [4.78, 5) is 0. The minimum absolute atomic E-state index is 0.628. The summed E-state index contributed by atoms with van der Waals surface area (Å²) in [5.41, 5.74) is -0.628. The minimum atomic E-state index is -0.628. The van der Waals surface area contributed by atoms with Gasteiger partial charge in [-0.3, -0.25) is 0 Å². The summed E-state index contributed by atoms with van der Waals surface area (Å²) in [5.74, 6) is 1.31. The highest BCUT2D eigenvalue weighted by molar-refractivity contribution is 7.98. The highest BCUT2D eigenvalue weighted by Crippen LogP contribution is 2.12. The van der Waals surface area contributed by atoms with E-state index < -0.39 is 5.56 Å². The van der Waals surface area contributed by atoms with E-state index in [1.807, 2.05) is 11.8 Å². The molecule has 3 heteroatoms. The third kappa shape index (κ3) is 14.6. The Kier molecular flexibility index (Phi) is 13.2. The number of aliphatic hydroxyl groups is 1. The molecule has 15 heavy (non-hydrogen) atoms. The second-order valence-electron chi connectivity index (χ2n) is 4.04. The van der Waals surface area contributed by atoms with Gasteiger partial charge in [-0.1, -0.05) is 50.1 Å². The number of alkyl halides is 1. The lowest BCUT2D eigenvalue weighted by Crippen LogP contribution is -1.94. The Morgan fingerprint density at radius 2 is 1.40 bits per heavy atom. The van der Waals surface area contributed by atoms with Gasteiger partial charge in [0.25, 0.3) is 0 Å². The number of hydrogen-bond acceptors (Lipinski definition) is 2. The van der Waals surface area contributed by atoms with Crippen LogP contribution in [0.2, 0.25) is 0 Å². The Hall–Kier alpha value is 0.600. The zero-order chi connectivity index (χ0) is 11.4. The van der Waals surface area contributed by atoms with Gasteiger partial charge in [-0.05, 0) is 31.3 Å². The lowest BCUT2D eigenvalue weighted by molar-refractivity contribution is 0.240. The lowest BCUT2D eigenvalue weighted by atomic mass is 10.1. The van der Waals surface area contributed by atoms with Crippen LogP contribution in [0.4, 0.5) is 0 Å². The molecule has 0 aromatic heterocycles. The molecule has 1 unspecified atom stereocenters. The van der Waals surface area contributed by atoms with Crippen molar-refractivity contribution in [2.45, 2.75) is 63.4 Å². The van der Waals surface area contributed by atoms with Crippen LogP contribution < -0.4 is 0 Å². The Morgan fingerprint density at radius 3 is 1.87 bits per heavy atom. The van der Waals surface area contributed by atoms with Gasteiger partial charge in [0.2, 0.25) is 0 Å². The number of halogens is 1. The molecule has 0 aromatic carbocycles. The Balaban J connectivity index is 2.87. The van der Waals surface area contributed by atoms with Gasteiger partial charge in [0.15, 0.2) is 0 Å². The van der Waals surface area contributed by atoms with Crippen LogP contribution in [-0.2, 0) is 0 Å². The van der Waals surface area contributed by atoms with E-state index in [0.717, 1.165) is 12.8 Å². The van der Waals surface area contributed by atoms with Crippen molar-refractivity contribution in [3.63, 3.8) is 0 Å². The quantitative estimate of drug-likeness (QED) is 0.434. The lowest BCUT2D eigenvalue weighted by Gasteiger charge is -2.03. The summed E-state index contributed by atoms with van der Waals surface area (Å²) >= 11 is 7.39. The molecule has 0 aliphatic rings. The van der Waals surface area contributed by atoms with Crippen molar-refractivity contribution >= 4 is 23.4 Å². The SMILES string of the molecule is CSCCCCCCCCCCC(O)Cl. The van der Waals surface area contributed by atoms with Crippen molar-refractivity contribution in [3.05, 3.63) is 0 Å². The average molecular weight is 253 g/mol. The first kappa shape index (κ1) is 15.6. The summed E-state index contributed by atoms with van der Waals surface area (Å²) in [6.45, 7) is 0. The molecule has 0 aliphatic heterocycles. The molecule has 0 saturated heterocycles. The normalized spacial score (nSPS) is 13.0. The molecule has 0 amide bonds. The van der Waals surface area contributed by atoms with Gasteiger partial charge in [0.05, 0.1) is 0 Å². The van der Waals surface area contributed by atoms with E-state index in [-0.39, 0.29) is 0 Å². The van der Waals surface area contributed by atoms with Crippen LogP contribution in [0.15, 0.2) is 0 Å². The van der Waals surface area contributed by atoms with Crippen molar-refractivity contribution in [1.29, 1.82) is 0 Å². The number of unbranched alkanes of at least 4 members (excludes halogenated alkanes) is 7. The molecule has 0 fully saturated rings. The van der Waals surface area contributed by atoms with E-state index in [0.29, 0.717) is 0 Å². The van der Waals surface area contributed by atoms with Crippen LogP contribution in [-0.4, -0.2) is 22.7 Å². The van der Waals surface area contributed by atoms with Crippen molar-refractivity contribution in [1.82, 2.24) is 0 Å². The van der Waals surface area contributed by atoms with Crippen LogP contribution in [0, 0.1) is 0 Å². The first-order valence-corrected chi connectivity index (χ1v) is 7.91. The Labute approximate surface area is 104 Å².